The number of fused-ring (bicyclic) bond motifs is 1. The van der Waals surface area contributed by atoms with Gasteiger partial charge in [-0.25, -0.2) is 9.97 Å². The van der Waals surface area contributed by atoms with Crippen LogP contribution in [0, 0.1) is 11.8 Å². The van der Waals surface area contributed by atoms with Gasteiger partial charge in [-0.05, 0) is 24.5 Å². The first-order chi connectivity index (χ1) is 10.1. The van der Waals surface area contributed by atoms with Crippen molar-refractivity contribution < 1.29 is 4.79 Å². The fourth-order valence-corrected chi connectivity index (χ4v) is 4.46. The summed E-state index contributed by atoms with van der Waals surface area (Å²) in [4.78, 5) is 23.1. The summed E-state index contributed by atoms with van der Waals surface area (Å²) in [6.07, 6.45) is 3.25. The molecule has 2 aliphatic heterocycles. The minimum absolute atomic E-state index is 0.138. The zero-order chi connectivity index (χ0) is 15.0. The first-order valence-electron chi connectivity index (χ1n) is 7.55. The van der Waals surface area contributed by atoms with Gasteiger partial charge in [-0.3, -0.25) is 4.79 Å². The molecule has 1 aromatic rings. The number of amides is 1. The van der Waals surface area contributed by atoms with Crippen LogP contribution in [-0.2, 0) is 17.8 Å². The Balaban J connectivity index is 1.75. The average Bonchev–Trinajstić information content (AvgIpc) is 2.49. The van der Waals surface area contributed by atoms with E-state index in [1.54, 1.807) is 0 Å². The number of nitrogens with zero attached hydrogens (tertiary/aromatic N) is 3. The lowest BCUT2D eigenvalue weighted by Crippen LogP contribution is -2.44. The highest BCUT2D eigenvalue weighted by Crippen LogP contribution is 2.35. The Labute approximate surface area is 129 Å². The second kappa shape index (κ2) is 5.83. The summed E-state index contributed by atoms with van der Waals surface area (Å²) in [5, 5.41) is 0.408. The van der Waals surface area contributed by atoms with Crippen molar-refractivity contribution in [3.63, 3.8) is 0 Å². The van der Waals surface area contributed by atoms with E-state index in [0.717, 1.165) is 36.4 Å². The lowest BCUT2D eigenvalue weighted by molar-refractivity contribution is -0.137. The molecular weight excluding hydrogens is 284 g/mol. The number of rotatable bonds is 1. The number of anilines is 1. The molecule has 0 bridgehead atoms. The van der Waals surface area contributed by atoms with Gasteiger partial charge in [-0.15, -0.1) is 0 Å². The lowest BCUT2D eigenvalue weighted by Gasteiger charge is -2.36. The number of hydrogen-bond donors (Lipinski definition) is 1. The number of nitrogens with two attached hydrogens (primary N) is 1. The summed E-state index contributed by atoms with van der Waals surface area (Å²) in [6, 6.07) is 0. The van der Waals surface area contributed by atoms with E-state index in [4.69, 9.17) is 5.73 Å². The van der Waals surface area contributed by atoms with Crippen molar-refractivity contribution in [2.24, 2.45) is 11.8 Å². The third-order valence-corrected chi connectivity index (χ3v) is 6.15. The van der Waals surface area contributed by atoms with Crippen molar-refractivity contribution >= 4 is 23.5 Å². The van der Waals surface area contributed by atoms with Gasteiger partial charge in [0.1, 0.15) is 12.1 Å². The molecule has 6 heteroatoms. The topological polar surface area (TPSA) is 72.1 Å². The van der Waals surface area contributed by atoms with Crippen molar-refractivity contribution in [2.75, 3.05) is 18.0 Å². The van der Waals surface area contributed by atoms with E-state index in [2.05, 4.69) is 23.8 Å². The third-order valence-electron chi connectivity index (χ3n) is 4.54. The monoisotopic (exact) mass is 306 g/mol. The van der Waals surface area contributed by atoms with Crippen LogP contribution in [0.4, 0.5) is 5.82 Å². The average molecular weight is 306 g/mol. The second-order valence-corrected chi connectivity index (χ2v) is 7.59. The van der Waals surface area contributed by atoms with Crippen molar-refractivity contribution in [1.29, 1.82) is 0 Å². The van der Waals surface area contributed by atoms with E-state index in [0.29, 0.717) is 23.5 Å². The van der Waals surface area contributed by atoms with Gasteiger partial charge in [0.05, 0.1) is 18.2 Å². The summed E-state index contributed by atoms with van der Waals surface area (Å²) in [7, 11) is 0. The van der Waals surface area contributed by atoms with Gasteiger partial charge in [0.2, 0.25) is 5.91 Å². The summed E-state index contributed by atoms with van der Waals surface area (Å²) in [5.41, 5.74) is 7.81. The molecule has 3 unspecified atom stereocenters. The van der Waals surface area contributed by atoms with Gasteiger partial charge in [0, 0.05) is 17.4 Å². The molecular formula is C15H22N4OS. The Hall–Kier alpha value is -1.30. The van der Waals surface area contributed by atoms with Crippen molar-refractivity contribution in [3.8, 4) is 0 Å². The van der Waals surface area contributed by atoms with E-state index in [1.807, 2.05) is 16.7 Å². The second-order valence-electron chi connectivity index (χ2n) is 6.18. The Kier molecular flexibility index (Phi) is 4.06. The molecule has 114 valence electrons. The number of carbonyl (C=O) groups is 1. The van der Waals surface area contributed by atoms with Gasteiger partial charge < -0.3 is 10.6 Å². The van der Waals surface area contributed by atoms with Crippen LogP contribution < -0.4 is 5.73 Å². The van der Waals surface area contributed by atoms with Gasteiger partial charge in [-0.2, -0.15) is 11.8 Å². The van der Waals surface area contributed by atoms with Gasteiger partial charge in [0.15, 0.2) is 0 Å². The number of thioether (sulfide) groups is 1. The van der Waals surface area contributed by atoms with Crippen LogP contribution in [-0.4, -0.2) is 38.3 Å². The number of aromatic nitrogens is 2. The van der Waals surface area contributed by atoms with E-state index >= 15 is 0 Å². The summed E-state index contributed by atoms with van der Waals surface area (Å²) in [5.74, 6) is 2.76. The minimum Gasteiger partial charge on any atom is -0.383 e. The zero-order valence-corrected chi connectivity index (χ0v) is 13.4. The van der Waals surface area contributed by atoms with Crippen molar-refractivity contribution in [3.05, 3.63) is 17.6 Å². The van der Waals surface area contributed by atoms with Crippen LogP contribution in [0.5, 0.6) is 0 Å². The van der Waals surface area contributed by atoms with Crippen LogP contribution in [0.3, 0.4) is 0 Å². The molecule has 0 aliphatic carbocycles. The van der Waals surface area contributed by atoms with E-state index in [1.165, 1.54) is 6.33 Å². The maximum absolute atomic E-state index is 12.8. The molecule has 21 heavy (non-hydrogen) atoms. The van der Waals surface area contributed by atoms with E-state index in [9.17, 15) is 4.79 Å². The highest BCUT2D eigenvalue weighted by molar-refractivity contribution is 7.99. The van der Waals surface area contributed by atoms with Gasteiger partial charge in [-0.1, -0.05) is 13.8 Å². The molecule has 0 saturated carbocycles. The van der Waals surface area contributed by atoms with Crippen LogP contribution in [0.2, 0.25) is 0 Å². The van der Waals surface area contributed by atoms with E-state index in [-0.39, 0.29) is 11.8 Å². The highest BCUT2D eigenvalue weighted by Gasteiger charge is 2.35. The number of carbonyl (C=O) groups excluding carboxylic acids is 1. The predicted octanol–water partition coefficient (Wildman–Crippen LogP) is 1.72. The summed E-state index contributed by atoms with van der Waals surface area (Å²) >= 11 is 1.92. The molecule has 3 rings (SSSR count). The molecule has 1 saturated heterocycles. The van der Waals surface area contributed by atoms with Crippen LogP contribution in [0.1, 0.15) is 31.5 Å². The molecule has 0 spiro atoms. The molecule has 2 N–H and O–H groups in total. The van der Waals surface area contributed by atoms with Crippen LogP contribution in [0.15, 0.2) is 6.33 Å². The lowest BCUT2D eigenvalue weighted by atomic mass is 9.91. The minimum atomic E-state index is 0.138. The van der Waals surface area contributed by atoms with Crippen molar-refractivity contribution in [1.82, 2.24) is 14.9 Å². The number of nitrogen functional groups attached to an aromatic ring is 1. The number of hydrogen-bond acceptors (Lipinski definition) is 5. The van der Waals surface area contributed by atoms with Gasteiger partial charge >= 0.3 is 0 Å². The highest BCUT2D eigenvalue weighted by atomic mass is 32.2. The van der Waals surface area contributed by atoms with Crippen LogP contribution >= 0.6 is 11.8 Å². The first kappa shape index (κ1) is 14.6. The summed E-state index contributed by atoms with van der Waals surface area (Å²) < 4.78 is 0. The fraction of sp³-hybridized carbons (Fsp3) is 0.667. The Morgan fingerprint density at radius 1 is 1.43 bits per heavy atom. The maximum Gasteiger partial charge on any atom is 0.227 e. The molecule has 5 nitrogen and oxygen atoms in total. The standard InChI is InChI=1S/C15H22N4OS/c1-9-5-12(10(2)21-7-9)15(20)19-4-3-11-13(6-19)17-8-18-14(11)16/h8-10,12H,3-7H2,1-2H3,(H2,16,17,18). The predicted molar refractivity (Wildman–Crippen MR) is 84.8 cm³/mol. The normalized spacial score (nSPS) is 29.0. The van der Waals surface area contributed by atoms with Gasteiger partial charge in [0.25, 0.3) is 0 Å². The fourth-order valence-electron chi connectivity index (χ4n) is 3.23. The molecule has 2 aliphatic rings. The molecule has 3 heterocycles. The van der Waals surface area contributed by atoms with E-state index < -0.39 is 0 Å². The molecule has 0 aromatic carbocycles. The Morgan fingerprint density at radius 3 is 3.05 bits per heavy atom. The quantitative estimate of drug-likeness (QED) is 0.855. The summed E-state index contributed by atoms with van der Waals surface area (Å²) in [6.45, 7) is 5.71. The maximum atomic E-state index is 12.8. The third kappa shape index (κ3) is 2.86. The smallest absolute Gasteiger partial charge is 0.227 e. The zero-order valence-electron chi connectivity index (χ0n) is 12.6. The van der Waals surface area contributed by atoms with Crippen molar-refractivity contribution in [2.45, 2.75) is 38.5 Å². The molecule has 1 amide bonds. The Bertz CT molecular complexity index is 550. The first-order valence-corrected chi connectivity index (χ1v) is 8.59. The largest absolute Gasteiger partial charge is 0.383 e. The molecule has 0 radical (unpaired) electrons. The van der Waals surface area contributed by atoms with Crippen LogP contribution in [0.25, 0.3) is 0 Å². The SMILES string of the molecule is CC1CSC(C)C(C(=O)N2CCc3c(N)ncnc3C2)C1. The molecule has 1 aromatic heterocycles. The molecule has 1 fully saturated rings. The Morgan fingerprint density at radius 2 is 2.24 bits per heavy atom. The molecule has 3 atom stereocenters.